The Hall–Kier alpha value is -1.85. The van der Waals surface area contributed by atoms with E-state index < -0.39 is 5.54 Å². The summed E-state index contributed by atoms with van der Waals surface area (Å²) in [5, 5.41) is 10.8. The number of aromatic nitrogens is 2. The molecule has 2 N–H and O–H groups in total. The van der Waals surface area contributed by atoms with E-state index in [0.717, 1.165) is 31.5 Å². The number of nitrogens with one attached hydrogen (secondary N) is 2. The molecule has 1 saturated heterocycles. The van der Waals surface area contributed by atoms with E-state index in [2.05, 4.69) is 53.8 Å². The Morgan fingerprint density at radius 3 is 2.52 bits per heavy atom. The Morgan fingerprint density at radius 2 is 1.96 bits per heavy atom. The largest absolute Gasteiger partial charge is 0.350 e. The van der Waals surface area contributed by atoms with Gasteiger partial charge in [0.1, 0.15) is 5.54 Å². The molecule has 0 saturated carbocycles. The number of carbonyl (C=O) groups excluding carboxylic acids is 1. The van der Waals surface area contributed by atoms with Gasteiger partial charge >= 0.3 is 0 Å². The number of rotatable bonds is 5. The average Bonchev–Trinajstić information content (AvgIpc) is 3.15. The highest BCUT2D eigenvalue weighted by molar-refractivity contribution is 5.85. The number of halogens is 1. The second-order valence-electron chi connectivity index (χ2n) is 6.81. The van der Waals surface area contributed by atoms with Crippen molar-refractivity contribution >= 4 is 18.3 Å². The minimum atomic E-state index is -0.577. The zero-order valence-corrected chi connectivity index (χ0v) is 15.7. The molecule has 0 atom stereocenters. The lowest BCUT2D eigenvalue weighted by Crippen LogP contribution is -2.54. The maximum Gasteiger partial charge on any atom is 0.248 e. The summed E-state index contributed by atoms with van der Waals surface area (Å²) in [7, 11) is 0. The summed E-state index contributed by atoms with van der Waals surface area (Å²) < 4.78 is 1.82. The first kappa shape index (κ1) is 19.5. The third kappa shape index (κ3) is 4.22. The zero-order valence-electron chi connectivity index (χ0n) is 14.9. The number of benzene rings is 1. The van der Waals surface area contributed by atoms with Crippen LogP contribution in [0.25, 0.3) is 0 Å². The lowest BCUT2D eigenvalue weighted by atomic mass is 9.87. The molecule has 25 heavy (non-hydrogen) atoms. The van der Waals surface area contributed by atoms with Crippen molar-refractivity contribution in [3.05, 3.63) is 53.9 Å². The molecule has 2 aromatic rings. The van der Waals surface area contributed by atoms with Crippen molar-refractivity contribution in [3.63, 3.8) is 0 Å². The molecule has 3 rings (SSSR count). The van der Waals surface area contributed by atoms with Crippen LogP contribution < -0.4 is 10.6 Å². The Kier molecular flexibility index (Phi) is 6.62. The van der Waals surface area contributed by atoms with Crippen LogP contribution in [0.4, 0.5) is 0 Å². The van der Waals surface area contributed by atoms with Gasteiger partial charge in [0.25, 0.3) is 0 Å². The number of hydrogen-bond acceptors (Lipinski definition) is 3. The van der Waals surface area contributed by atoms with Gasteiger partial charge in [0, 0.05) is 18.9 Å². The number of piperidine rings is 1. The summed E-state index contributed by atoms with van der Waals surface area (Å²) in [6.07, 6.45) is 5.14. The fourth-order valence-corrected chi connectivity index (χ4v) is 3.29. The predicted molar refractivity (Wildman–Crippen MR) is 102 cm³/mol. The Morgan fingerprint density at radius 1 is 1.28 bits per heavy atom. The van der Waals surface area contributed by atoms with E-state index in [1.54, 1.807) is 6.20 Å². The third-order valence-electron chi connectivity index (χ3n) is 4.90. The number of carbonyl (C=O) groups is 1. The molecule has 6 heteroatoms. The molecule has 5 nitrogen and oxygen atoms in total. The molecule has 1 amide bonds. The van der Waals surface area contributed by atoms with Gasteiger partial charge in [-0.15, -0.1) is 12.4 Å². The summed E-state index contributed by atoms with van der Waals surface area (Å²) in [6.45, 7) is 6.57. The van der Waals surface area contributed by atoms with Gasteiger partial charge in [-0.25, -0.2) is 0 Å². The van der Waals surface area contributed by atoms with Crippen LogP contribution in [0.3, 0.4) is 0 Å². The molecule has 1 aliphatic rings. The van der Waals surface area contributed by atoms with Gasteiger partial charge in [0.15, 0.2) is 0 Å². The van der Waals surface area contributed by atoms with Crippen molar-refractivity contribution in [1.82, 2.24) is 20.4 Å². The highest BCUT2D eigenvalue weighted by atomic mass is 35.5. The maximum atomic E-state index is 13.0. The molecule has 0 radical (unpaired) electrons. The van der Waals surface area contributed by atoms with Crippen LogP contribution in [0, 0.1) is 0 Å². The third-order valence-corrected chi connectivity index (χ3v) is 4.90. The van der Waals surface area contributed by atoms with E-state index in [9.17, 15) is 4.79 Å². The summed E-state index contributed by atoms with van der Waals surface area (Å²) >= 11 is 0. The van der Waals surface area contributed by atoms with Crippen LogP contribution in [0.15, 0.2) is 42.7 Å². The van der Waals surface area contributed by atoms with Gasteiger partial charge < -0.3 is 10.6 Å². The molecular formula is C19H27ClN4O. The van der Waals surface area contributed by atoms with Crippen molar-refractivity contribution in [1.29, 1.82) is 0 Å². The molecule has 136 valence electrons. The lowest BCUT2D eigenvalue weighted by Gasteiger charge is -2.36. The predicted octanol–water partition coefficient (Wildman–Crippen LogP) is 2.82. The normalized spacial score (nSPS) is 16.3. The smallest absolute Gasteiger partial charge is 0.248 e. The summed E-state index contributed by atoms with van der Waals surface area (Å²) in [6, 6.07) is 10.3. The molecular weight excluding hydrogens is 336 g/mol. The van der Waals surface area contributed by atoms with Gasteiger partial charge in [-0.1, -0.05) is 38.1 Å². The Labute approximate surface area is 155 Å². The van der Waals surface area contributed by atoms with Crippen LogP contribution in [0.5, 0.6) is 0 Å². The molecule has 0 spiro atoms. The topological polar surface area (TPSA) is 59.0 Å². The van der Waals surface area contributed by atoms with E-state index in [1.807, 2.05) is 16.9 Å². The van der Waals surface area contributed by atoms with E-state index >= 15 is 0 Å². The fourth-order valence-electron chi connectivity index (χ4n) is 3.29. The van der Waals surface area contributed by atoms with Crippen LogP contribution in [0.1, 0.15) is 43.7 Å². The van der Waals surface area contributed by atoms with Crippen molar-refractivity contribution in [2.75, 3.05) is 13.1 Å². The Balaban J connectivity index is 0.00000225. The highest BCUT2D eigenvalue weighted by Crippen LogP contribution is 2.27. The minimum absolute atomic E-state index is 0. The lowest BCUT2D eigenvalue weighted by molar-refractivity contribution is -0.132. The van der Waals surface area contributed by atoms with Crippen LogP contribution in [0.2, 0.25) is 0 Å². The van der Waals surface area contributed by atoms with Gasteiger partial charge in [0.2, 0.25) is 5.91 Å². The quantitative estimate of drug-likeness (QED) is 0.859. The van der Waals surface area contributed by atoms with E-state index in [0.29, 0.717) is 12.5 Å². The summed E-state index contributed by atoms with van der Waals surface area (Å²) in [4.78, 5) is 13.0. The summed E-state index contributed by atoms with van der Waals surface area (Å²) in [5.41, 5.74) is 1.86. The number of nitrogens with zero attached hydrogens (tertiary/aromatic N) is 2. The van der Waals surface area contributed by atoms with Gasteiger partial charge in [-0.2, -0.15) is 5.10 Å². The number of amides is 1. The fraction of sp³-hybridized carbons (Fsp3) is 0.474. The maximum absolute atomic E-state index is 13.0. The average molecular weight is 363 g/mol. The van der Waals surface area contributed by atoms with E-state index in [4.69, 9.17) is 0 Å². The Bertz CT molecular complexity index is 661. The molecule has 2 heterocycles. The van der Waals surface area contributed by atoms with Crippen molar-refractivity contribution < 1.29 is 4.79 Å². The minimum Gasteiger partial charge on any atom is -0.350 e. The first-order valence-corrected chi connectivity index (χ1v) is 8.70. The van der Waals surface area contributed by atoms with Gasteiger partial charge in [-0.3, -0.25) is 9.48 Å². The van der Waals surface area contributed by atoms with Crippen LogP contribution in [-0.4, -0.2) is 28.8 Å². The van der Waals surface area contributed by atoms with Gasteiger partial charge in [-0.05, 0) is 49.0 Å². The van der Waals surface area contributed by atoms with Crippen LogP contribution in [-0.2, 0) is 16.9 Å². The van der Waals surface area contributed by atoms with Crippen molar-refractivity contribution in [2.45, 2.75) is 44.7 Å². The molecule has 0 aliphatic carbocycles. The monoisotopic (exact) mass is 362 g/mol. The first-order valence-electron chi connectivity index (χ1n) is 8.70. The molecule has 0 unspecified atom stereocenters. The van der Waals surface area contributed by atoms with Crippen molar-refractivity contribution in [2.24, 2.45) is 0 Å². The van der Waals surface area contributed by atoms with Crippen molar-refractivity contribution in [3.8, 4) is 0 Å². The number of hydrogen-bond donors (Lipinski definition) is 2. The second kappa shape index (κ2) is 8.50. The second-order valence-corrected chi connectivity index (χ2v) is 6.81. The molecule has 0 bridgehead atoms. The summed E-state index contributed by atoms with van der Waals surface area (Å²) in [5.74, 6) is 0.576. The molecule has 1 aromatic carbocycles. The zero-order chi connectivity index (χ0) is 17.0. The van der Waals surface area contributed by atoms with E-state index in [1.165, 1.54) is 5.56 Å². The first-order chi connectivity index (χ1) is 11.6. The molecule has 1 fully saturated rings. The molecule has 1 aliphatic heterocycles. The standard InChI is InChI=1S/C19H26N4O.ClH/c1-15(2)17-6-4-16(5-7-17)14-21-18(24)19(8-11-20-12-9-19)23-13-3-10-22-23;/h3-7,10,13,15,20H,8-9,11-12,14H2,1-2H3,(H,21,24);1H. The molecule has 1 aromatic heterocycles. The van der Waals surface area contributed by atoms with Crippen LogP contribution >= 0.6 is 12.4 Å². The highest BCUT2D eigenvalue weighted by Gasteiger charge is 2.41. The SMILES string of the molecule is CC(C)c1ccc(CNC(=O)C2(n3cccn3)CCNCC2)cc1.Cl. The van der Waals surface area contributed by atoms with E-state index in [-0.39, 0.29) is 18.3 Å². The van der Waals surface area contributed by atoms with Gasteiger partial charge in [0.05, 0.1) is 0 Å².